The highest BCUT2D eigenvalue weighted by atomic mass is 16.7. The molecule has 8 atom stereocenters. The molecule has 1 fully saturated rings. The molecule has 11 nitrogen and oxygen atoms in total. The van der Waals surface area contributed by atoms with Gasteiger partial charge in [0.05, 0.1) is 25.4 Å². The SMILES string of the molecule is CC/C=C/C=C/C=C\C=C/CCCCC(O)C(=O)NC(COC1OC(CO)C(O)C(O)C1OC(=O)CCCCCCCCCCCCC/C=C\C/C=C\CCCCC)C(O)/C=C/CCCCCCCCCCCCC. The number of amides is 1. The smallest absolute Gasteiger partial charge is 0.306 e. The third-order valence-corrected chi connectivity index (χ3v) is 13.9. The van der Waals surface area contributed by atoms with Gasteiger partial charge in [-0.05, 0) is 77.0 Å². The van der Waals surface area contributed by atoms with E-state index in [-0.39, 0.29) is 19.4 Å². The summed E-state index contributed by atoms with van der Waals surface area (Å²) in [5, 5.41) is 56.8. The molecule has 0 aromatic rings. The summed E-state index contributed by atoms with van der Waals surface area (Å²) >= 11 is 0. The predicted octanol–water partition coefficient (Wildman–Crippen LogP) is 14.2. The van der Waals surface area contributed by atoms with Crippen molar-refractivity contribution in [3.63, 3.8) is 0 Å². The minimum atomic E-state index is -1.62. The van der Waals surface area contributed by atoms with Crippen molar-refractivity contribution < 1.29 is 49.3 Å². The lowest BCUT2D eigenvalue weighted by molar-refractivity contribution is -0.305. The first-order valence-corrected chi connectivity index (χ1v) is 30.4. The van der Waals surface area contributed by atoms with Gasteiger partial charge in [-0.3, -0.25) is 9.59 Å². The fourth-order valence-corrected chi connectivity index (χ4v) is 9.04. The molecule has 1 heterocycles. The lowest BCUT2D eigenvalue weighted by atomic mass is 9.99. The van der Waals surface area contributed by atoms with E-state index in [2.05, 4.69) is 56.5 Å². The van der Waals surface area contributed by atoms with Gasteiger partial charge in [0.2, 0.25) is 5.91 Å². The third-order valence-electron chi connectivity index (χ3n) is 13.9. The van der Waals surface area contributed by atoms with Crippen LogP contribution in [0.2, 0.25) is 0 Å². The van der Waals surface area contributed by atoms with Gasteiger partial charge in [-0.25, -0.2) is 0 Å². The van der Waals surface area contributed by atoms with Crippen molar-refractivity contribution in [2.24, 2.45) is 0 Å². The summed E-state index contributed by atoms with van der Waals surface area (Å²) in [6.07, 6.45) is 56.3. The van der Waals surface area contributed by atoms with Crippen LogP contribution >= 0.6 is 0 Å². The Labute approximate surface area is 457 Å². The average molecular weight is 1050 g/mol. The quantitative estimate of drug-likeness (QED) is 0.0149. The lowest BCUT2D eigenvalue weighted by Crippen LogP contribution is -2.61. The van der Waals surface area contributed by atoms with Gasteiger partial charge in [0.1, 0.15) is 24.4 Å². The number of unbranched alkanes of at least 4 members (excludes halogenated alkanes) is 27. The van der Waals surface area contributed by atoms with Crippen LogP contribution in [0.25, 0.3) is 0 Å². The molecule has 11 heteroatoms. The Hall–Kier alpha value is -3.16. The highest BCUT2D eigenvalue weighted by molar-refractivity contribution is 5.80. The van der Waals surface area contributed by atoms with Crippen molar-refractivity contribution in [1.29, 1.82) is 0 Å². The molecule has 1 saturated heterocycles. The summed E-state index contributed by atoms with van der Waals surface area (Å²) < 4.78 is 17.6. The first kappa shape index (κ1) is 69.9. The van der Waals surface area contributed by atoms with Gasteiger partial charge in [0, 0.05) is 6.42 Å². The fraction of sp³-hybridized carbons (Fsp3) is 0.750. The molecule has 1 aliphatic heterocycles. The molecule has 0 aromatic carbocycles. The van der Waals surface area contributed by atoms with Crippen LogP contribution < -0.4 is 5.32 Å². The summed E-state index contributed by atoms with van der Waals surface area (Å²) in [7, 11) is 0. The molecular formula is C64H111NO10. The van der Waals surface area contributed by atoms with Crippen LogP contribution in [0.15, 0.2) is 85.1 Å². The molecule has 0 aromatic heterocycles. The molecule has 0 spiro atoms. The van der Waals surface area contributed by atoms with Crippen LogP contribution in [0, 0.1) is 0 Å². The summed E-state index contributed by atoms with van der Waals surface area (Å²) in [5.41, 5.74) is 0. The maximum Gasteiger partial charge on any atom is 0.306 e. The summed E-state index contributed by atoms with van der Waals surface area (Å²) in [6.45, 7) is 5.59. The Morgan fingerprint density at radius 2 is 1.01 bits per heavy atom. The number of carbonyl (C=O) groups is 2. The first-order valence-electron chi connectivity index (χ1n) is 30.4. The lowest BCUT2D eigenvalue weighted by Gasteiger charge is -2.41. The number of aliphatic hydroxyl groups excluding tert-OH is 5. The zero-order chi connectivity index (χ0) is 54.7. The Kier molecular flexibility index (Phi) is 48.0. The van der Waals surface area contributed by atoms with Crippen molar-refractivity contribution in [3.8, 4) is 0 Å². The number of hydrogen-bond acceptors (Lipinski definition) is 10. The minimum Gasteiger partial charge on any atom is -0.454 e. The number of aliphatic hydroxyl groups is 5. The number of allylic oxidation sites excluding steroid dienone is 13. The predicted molar refractivity (Wildman–Crippen MR) is 310 cm³/mol. The number of nitrogens with one attached hydrogen (secondary N) is 1. The summed E-state index contributed by atoms with van der Waals surface area (Å²) in [4.78, 5) is 26.5. The molecule has 6 N–H and O–H groups in total. The molecule has 432 valence electrons. The van der Waals surface area contributed by atoms with Crippen molar-refractivity contribution in [3.05, 3.63) is 85.1 Å². The maximum atomic E-state index is 13.4. The Morgan fingerprint density at radius 1 is 0.547 bits per heavy atom. The highest BCUT2D eigenvalue weighted by Crippen LogP contribution is 2.26. The van der Waals surface area contributed by atoms with E-state index in [1.807, 2.05) is 48.6 Å². The monoisotopic (exact) mass is 1050 g/mol. The minimum absolute atomic E-state index is 0.113. The molecule has 1 aliphatic rings. The molecule has 0 aliphatic carbocycles. The van der Waals surface area contributed by atoms with Crippen molar-refractivity contribution in [1.82, 2.24) is 5.32 Å². The standard InChI is InChI=1S/C64H111NO10/c1-4-7-10-13-16-19-22-25-26-27-28-29-30-31-32-34-37-40-43-46-49-52-59(69)75-62-61(71)60(70)58(53-66)74-64(62)73-54-55(56(67)50-47-44-41-38-36-33-23-20-17-14-11-8-5-2)65-63(72)57(68)51-48-45-42-39-35-24-21-18-15-12-9-6-3/h9,12,15-16,18-19,21,24-26,35,39,47,50,55-58,60-62,64,66-68,70-71H,4-8,10-11,13-14,17,20,22-23,27-34,36-38,40-46,48-49,51-54H2,1-3H3,(H,65,72)/b12-9+,18-15+,19-16-,24-21-,26-25-,39-35-,50-47+. The van der Waals surface area contributed by atoms with Crippen molar-refractivity contribution >= 4 is 11.9 Å². The van der Waals surface area contributed by atoms with Crippen molar-refractivity contribution in [2.45, 2.75) is 294 Å². The summed E-state index contributed by atoms with van der Waals surface area (Å²) in [6, 6.07) is -1.05. The molecule has 1 rings (SSSR count). The van der Waals surface area contributed by atoms with Gasteiger partial charge >= 0.3 is 5.97 Å². The van der Waals surface area contributed by atoms with E-state index in [1.54, 1.807) is 6.08 Å². The number of ether oxygens (including phenoxy) is 3. The Balaban J connectivity index is 2.68. The highest BCUT2D eigenvalue weighted by Gasteiger charge is 2.47. The second-order valence-electron chi connectivity index (χ2n) is 20.8. The van der Waals surface area contributed by atoms with Gasteiger partial charge < -0.3 is 45.1 Å². The average Bonchev–Trinajstić information content (AvgIpc) is 3.41. The third kappa shape index (κ3) is 39.8. The number of esters is 1. The van der Waals surface area contributed by atoms with E-state index in [9.17, 15) is 35.1 Å². The molecule has 0 bridgehead atoms. The molecular weight excluding hydrogens is 943 g/mol. The largest absolute Gasteiger partial charge is 0.454 e. The van der Waals surface area contributed by atoms with Crippen LogP contribution in [0.4, 0.5) is 0 Å². The molecule has 0 radical (unpaired) electrons. The zero-order valence-electron chi connectivity index (χ0n) is 47.6. The molecule has 1 amide bonds. The van der Waals surface area contributed by atoms with Gasteiger partial charge in [-0.15, -0.1) is 0 Å². The van der Waals surface area contributed by atoms with Crippen LogP contribution in [0.5, 0.6) is 0 Å². The molecule has 8 unspecified atom stereocenters. The maximum absolute atomic E-state index is 13.4. The van der Waals surface area contributed by atoms with Crippen LogP contribution in [-0.2, 0) is 23.8 Å². The van der Waals surface area contributed by atoms with Gasteiger partial charge in [0.25, 0.3) is 0 Å². The zero-order valence-corrected chi connectivity index (χ0v) is 47.6. The molecule has 0 saturated carbocycles. The van der Waals surface area contributed by atoms with E-state index >= 15 is 0 Å². The van der Waals surface area contributed by atoms with E-state index in [0.717, 1.165) is 70.6 Å². The second-order valence-corrected chi connectivity index (χ2v) is 20.8. The number of hydrogen-bond donors (Lipinski definition) is 6. The number of carbonyl (C=O) groups excluding carboxylic acids is 2. The molecule has 75 heavy (non-hydrogen) atoms. The van der Waals surface area contributed by atoms with Crippen LogP contribution in [-0.4, -0.2) is 99.6 Å². The van der Waals surface area contributed by atoms with E-state index in [1.165, 1.54) is 128 Å². The fourth-order valence-electron chi connectivity index (χ4n) is 9.04. The topological polar surface area (TPSA) is 175 Å². The first-order chi connectivity index (χ1) is 36.7. The van der Waals surface area contributed by atoms with E-state index in [4.69, 9.17) is 14.2 Å². The summed E-state index contributed by atoms with van der Waals surface area (Å²) in [5.74, 6) is -1.24. The van der Waals surface area contributed by atoms with Gasteiger partial charge in [0.15, 0.2) is 12.4 Å². The van der Waals surface area contributed by atoms with Crippen LogP contribution in [0.3, 0.4) is 0 Å². The van der Waals surface area contributed by atoms with Gasteiger partial charge in [-0.2, -0.15) is 0 Å². The van der Waals surface area contributed by atoms with E-state index in [0.29, 0.717) is 12.8 Å². The van der Waals surface area contributed by atoms with E-state index < -0.39 is 67.4 Å². The second kappa shape index (κ2) is 51.6. The van der Waals surface area contributed by atoms with Crippen molar-refractivity contribution in [2.75, 3.05) is 13.2 Å². The number of rotatable bonds is 50. The Bertz CT molecular complexity index is 1540. The normalized spacial score (nSPS) is 19.8. The van der Waals surface area contributed by atoms with Crippen LogP contribution in [0.1, 0.15) is 245 Å². The van der Waals surface area contributed by atoms with Gasteiger partial charge in [-0.1, -0.05) is 247 Å². The Morgan fingerprint density at radius 3 is 1.57 bits per heavy atom.